The van der Waals surface area contributed by atoms with Crippen LogP contribution in [-0.2, 0) is 18.3 Å². The maximum absolute atomic E-state index is 10.7. The number of aliphatic carboxylic acids is 1. The molecule has 0 aliphatic rings. The van der Waals surface area contributed by atoms with E-state index in [-0.39, 0.29) is 0 Å². The van der Waals surface area contributed by atoms with Crippen molar-refractivity contribution in [3.8, 4) is 0 Å². The van der Waals surface area contributed by atoms with Gasteiger partial charge in [-0.1, -0.05) is 0 Å². The molecule has 5 heteroatoms. The summed E-state index contributed by atoms with van der Waals surface area (Å²) in [5.41, 5.74) is 1.13. The van der Waals surface area contributed by atoms with Crippen LogP contribution in [0.4, 0.5) is 0 Å². The molecule has 1 aromatic heterocycles. The number of carbonyl (C=O) groups is 1. The van der Waals surface area contributed by atoms with Crippen LogP contribution < -0.4 is 0 Å². The highest BCUT2D eigenvalue weighted by atomic mass is 16.4. The molecule has 0 radical (unpaired) electrons. The van der Waals surface area contributed by atoms with Gasteiger partial charge in [0.25, 0.3) is 0 Å². The van der Waals surface area contributed by atoms with Crippen LogP contribution in [0.5, 0.6) is 0 Å². The summed E-state index contributed by atoms with van der Waals surface area (Å²) in [6, 6.07) is -0.443. The van der Waals surface area contributed by atoms with E-state index < -0.39 is 12.0 Å². The first-order valence-corrected chi connectivity index (χ1v) is 4.91. The van der Waals surface area contributed by atoms with E-state index >= 15 is 0 Å². The van der Waals surface area contributed by atoms with Crippen molar-refractivity contribution >= 4 is 5.97 Å². The molecule has 5 nitrogen and oxygen atoms in total. The van der Waals surface area contributed by atoms with Gasteiger partial charge in [0.1, 0.15) is 6.04 Å². The minimum absolute atomic E-state index is 0.443. The van der Waals surface area contributed by atoms with Crippen molar-refractivity contribution in [1.82, 2.24) is 14.7 Å². The van der Waals surface area contributed by atoms with E-state index in [9.17, 15) is 4.79 Å². The van der Waals surface area contributed by atoms with Gasteiger partial charge in [-0.25, -0.2) is 0 Å². The van der Waals surface area contributed by atoms with Crippen LogP contribution in [0, 0.1) is 0 Å². The van der Waals surface area contributed by atoms with Crippen molar-refractivity contribution in [2.24, 2.45) is 7.05 Å². The van der Waals surface area contributed by atoms with Gasteiger partial charge < -0.3 is 5.11 Å². The van der Waals surface area contributed by atoms with Crippen molar-refractivity contribution < 1.29 is 9.90 Å². The van der Waals surface area contributed by atoms with Gasteiger partial charge in [-0.15, -0.1) is 0 Å². The van der Waals surface area contributed by atoms with Gasteiger partial charge in [0, 0.05) is 19.8 Å². The Balaban J connectivity index is 2.40. The number of carboxylic acids is 1. The van der Waals surface area contributed by atoms with Crippen molar-refractivity contribution in [3.63, 3.8) is 0 Å². The second kappa shape index (κ2) is 4.93. The Labute approximate surface area is 89.3 Å². The second-order valence-electron chi connectivity index (χ2n) is 3.77. The quantitative estimate of drug-likeness (QED) is 0.764. The molecule has 0 amide bonds. The van der Waals surface area contributed by atoms with Crippen LogP contribution in [0.1, 0.15) is 12.5 Å². The lowest BCUT2D eigenvalue weighted by Gasteiger charge is -2.20. The number of nitrogens with zero attached hydrogens (tertiary/aromatic N) is 3. The molecule has 0 spiro atoms. The van der Waals surface area contributed by atoms with Crippen molar-refractivity contribution in [2.45, 2.75) is 19.4 Å². The van der Waals surface area contributed by atoms with Gasteiger partial charge >= 0.3 is 5.97 Å². The fourth-order valence-corrected chi connectivity index (χ4v) is 1.29. The van der Waals surface area contributed by atoms with Gasteiger partial charge in [-0.2, -0.15) is 5.10 Å². The fourth-order valence-electron chi connectivity index (χ4n) is 1.29. The number of carboxylic acid groups (broad SMARTS) is 1. The van der Waals surface area contributed by atoms with E-state index in [4.69, 9.17) is 5.11 Å². The zero-order chi connectivity index (χ0) is 11.4. The first kappa shape index (κ1) is 11.7. The molecule has 0 aliphatic heterocycles. The van der Waals surface area contributed by atoms with E-state index in [1.165, 1.54) is 0 Å². The number of hydrogen-bond donors (Lipinski definition) is 1. The van der Waals surface area contributed by atoms with Crippen LogP contribution in [0.3, 0.4) is 0 Å². The van der Waals surface area contributed by atoms with Gasteiger partial charge in [-0.05, 0) is 26.0 Å². The van der Waals surface area contributed by atoms with Gasteiger partial charge in [-0.3, -0.25) is 14.4 Å². The molecule has 0 fully saturated rings. The van der Waals surface area contributed by atoms with Crippen molar-refractivity contribution in [1.29, 1.82) is 0 Å². The van der Waals surface area contributed by atoms with Crippen LogP contribution in [0.15, 0.2) is 12.4 Å². The second-order valence-corrected chi connectivity index (χ2v) is 3.77. The first-order valence-electron chi connectivity index (χ1n) is 4.91. The molecule has 0 aliphatic carbocycles. The largest absolute Gasteiger partial charge is 0.480 e. The molecule has 1 heterocycles. The minimum Gasteiger partial charge on any atom is -0.480 e. The topological polar surface area (TPSA) is 58.4 Å². The minimum atomic E-state index is -0.788. The molecular formula is C10H17N3O2. The normalized spacial score (nSPS) is 13.1. The third kappa shape index (κ3) is 3.36. The van der Waals surface area contributed by atoms with Gasteiger partial charge in [0.05, 0.1) is 6.20 Å². The first-order chi connectivity index (χ1) is 7.00. The lowest BCUT2D eigenvalue weighted by atomic mass is 10.2. The Morgan fingerprint density at radius 1 is 1.73 bits per heavy atom. The lowest BCUT2D eigenvalue weighted by molar-refractivity contribution is -0.142. The Morgan fingerprint density at radius 2 is 2.40 bits per heavy atom. The summed E-state index contributed by atoms with van der Waals surface area (Å²) in [6.45, 7) is 2.41. The summed E-state index contributed by atoms with van der Waals surface area (Å²) in [5, 5.41) is 12.9. The molecule has 1 unspecified atom stereocenters. The molecular weight excluding hydrogens is 194 g/mol. The maximum atomic E-state index is 10.7. The monoisotopic (exact) mass is 211 g/mol. The molecule has 0 saturated carbocycles. The van der Waals surface area contributed by atoms with E-state index in [2.05, 4.69) is 5.10 Å². The van der Waals surface area contributed by atoms with E-state index in [0.29, 0.717) is 0 Å². The molecule has 0 aromatic carbocycles. The van der Waals surface area contributed by atoms with Crippen LogP contribution in [-0.4, -0.2) is 45.4 Å². The smallest absolute Gasteiger partial charge is 0.320 e. The Hall–Kier alpha value is -1.36. The number of hydrogen-bond acceptors (Lipinski definition) is 3. The van der Waals surface area contributed by atoms with Crippen molar-refractivity contribution in [3.05, 3.63) is 18.0 Å². The predicted molar refractivity (Wildman–Crippen MR) is 56.6 cm³/mol. The fraction of sp³-hybridized carbons (Fsp3) is 0.600. The Morgan fingerprint density at radius 3 is 2.87 bits per heavy atom. The summed E-state index contributed by atoms with van der Waals surface area (Å²) in [6.07, 6.45) is 4.57. The predicted octanol–water partition coefficient (Wildman–Crippen LogP) is 0.367. The molecule has 1 atom stereocenters. The van der Waals surface area contributed by atoms with Crippen LogP contribution >= 0.6 is 0 Å². The molecule has 1 rings (SSSR count). The summed E-state index contributed by atoms with van der Waals surface area (Å²) in [5.74, 6) is -0.788. The highest BCUT2D eigenvalue weighted by molar-refractivity contribution is 5.72. The molecule has 1 aromatic rings. The molecule has 1 N–H and O–H groups in total. The Bertz CT molecular complexity index is 335. The lowest BCUT2D eigenvalue weighted by Crippen LogP contribution is -2.37. The molecule has 0 bridgehead atoms. The van der Waals surface area contributed by atoms with Crippen LogP contribution in [0.25, 0.3) is 0 Å². The third-order valence-electron chi connectivity index (χ3n) is 2.53. The van der Waals surface area contributed by atoms with E-state index in [1.807, 2.05) is 25.2 Å². The van der Waals surface area contributed by atoms with Crippen LogP contribution in [0.2, 0.25) is 0 Å². The standard InChI is InChI=1S/C10H17N3O2/c1-8(10(14)15)12(2)5-4-9-6-11-13(3)7-9/h6-8H,4-5H2,1-3H3,(H,14,15). The third-order valence-corrected chi connectivity index (χ3v) is 2.53. The average Bonchev–Trinajstić information content (AvgIpc) is 2.59. The molecule has 84 valence electrons. The molecule has 15 heavy (non-hydrogen) atoms. The Kier molecular flexibility index (Phi) is 3.85. The molecule has 0 saturated heterocycles. The van der Waals surface area contributed by atoms with Crippen molar-refractivity contribution in [2.75, 3.05) is 13.6 Å². The average molecular weight is 211 g/mol. The van der Waals surface area contributed by atoms with Gasteiger partial charge in [0.15, 0.2) is 0 Å². The number of aromatic nitrogens is 2. The number of aryl methyl sites for hydroxylation is 1. The SMILES string of the molecule is CC(C(=O)O)N(C)CCc1cnn(C)c1. The number of rotatable bonds is 5. The summed E-state index contributed by atoms with van der Waals surface area (Å²) >= 11 is 0. The van der Waals surface area contributed by atoms with Gasteiger partial charge in [0.2, 0.25) is 0 Å². The highest BCUT2D eigenvalue weighted by Gasteiger charge is 2.16. The maximum Gasteiger partial charge on any atom is 0.320 e. The highest BCUT2D eigenvalue weighted by Crippen LogP contribution is 2.01. The zero-order valence-corrected chi connectivity index (χ0v) is 9.34. The summed E-state index contributed by atoms with van der Waals surface area (Å²) < 4.78 is 1.75. The summed E-state index contributed by atoms with van der Waals surface area (Å²) in [4.78, 5) is 12.5. The summed E-state index contributed by atoms with van der Waals surface area (Å²) in [7, 11) is 3.68. The number of likely N-dealkylation sites (N-methyl/N-ethyl adjacent to an activating group) is 1. The van der Waals surface area contributed by atoms with E-state index in [0.717, 1.165) is 18.5 Å². The van der Waals surface area contributed by atoms with E-state index in [1.54, 1.807) is 17.8 Å². The zero-order valence-electron chi connectivity index (χ0n) is 9.34.